The van der Waals surface area contributed by atoms with Gasteiger partial charge in [-0.3, -0.25) is 0 Å². The fourth-order valence-electron chi connectivity index (χ4n) is 1.89. The van der Waals surface area contributed by atoms with Crippen LogP contribution in [0, 0.1) is 5.82 Å². The summed E-state index contributed by atoms with van der Waals surface area (Å²) in [6.07, 6.45) is 0.0800. The Balaban J connectivity index is 2.85. The van der Waals surface area contributed by atoms with Gasteiger partial charge in [0.15, 0.2) is 0 Å². The quantitative estimate of drug-likeness (QED) is 0.859. The summed E-state index contributed by atoms with van der Waals surface area (Å²) in [7, 11) is 0. The molecule has 0 aliphatic heterocycles. The molecule has 0 radical (unpaired) electrons. The maximum atomic E-state index is 13.6. The summed E-state index contributed by atoms with van der Waals surface area (Å²) in [5.41, 5.74) is -0.252. The molecule has 0 spiro atoms. The summed E-state index contributed by atoms with van der Waals surface area (Å²) in [6.45, 7) is 6.16. The van der Waals surface area contributed by atoms with Gasteiger partial charge in [0, 0.05) is 18.1 Å². The van der Waals surface area contributed by atoms with Crippen molar-refractivity contribution in [3.8, 4) is 0 Å². The second-order valence-electron chi connectivity index (χ2n) is 4.55. The highest BCUT2D eigenvalue weighted by atomic mass is 35.5. The molecule has 102 valence electrons. The monoisotopic (exact) mass is 274 g/mol. The lowest BCUT2D eigenvalue weighted by molar-refractivity contribution is -0.110. The number of hydrogen-bond acceptors (Lipinski definition) is 2. The summed E-state index contributed by atoms with van der Waals surface area (Å²) in [5.74, 6) is -0.353. The van der Waals surface area contributed by atoms with Gasteiger partial charge in [0.25, 0.3) is 0 Å². The lowest BCUT2D eigenvalue weighted by atomic mass is 9.90. The van der Waals surface area contributed by atoms with Gasteiger partial charge in [0.05, 0.1) is 11.7 Å². The highest BCUT2D eigenvalue weighted by Gasteiger charge is 2.32. The van der Waals surface area contributed by atoms with Gasteiger partial charge >= 0.3 is 0 Å². The van der Waals surface area contributed by atoms with Gasteiger partial charge in [-0.15, -0.1) is 0 Å². The molecule has 0 aliphatic carbocycles. The zero-order valence-electron chi connectivity index (χ0n) is 11.0. The SMILES string of the molecule is CCOC(C)(CC)C(O)Cc1cc(Cl)ccc1F. The standard InChI is InChI=1S/C14H20ClFO2/c1-4-14(3,18-5-2)13(17)9-10-8-11(15)6-7-12(10)16/h6-8,13,17H,4-5,9H2,1-3H3. The number of hydrogen-bond donors (Lipinski definition) is 1. The molecule has 1 aromatic rings. The van der Waals surface area contributed by atoms with E-state index in [0.29, 0.717) is 23.6 Å². The molecule has 0 bridgehead atoms. The van der Waals surface area contributed by atoms with Crippen molar-refractivity contribution in [3.05, 3.63) is 34.6 Å². The van der Waals surface area contributed by atoms with Crippen LogP contribution in [0.5, 0.6) is 0 Å². The van der Waals surface area contributed by atoms with Crippen LogP contribution in [0.4, 0.5) is 4.39 Å². The van der Waals surface area contributed by atoms with E-state index in [0.717, 1.165) is 0 Å². The third kappa shape index (κ3) is 3.67. The Kier molecular flexibility index (Phi) is 5.57. The molecule has 1 N–H and O–H groups in total. The summed E-state index contributed by atoms with van der Waals surface area (Å²) in [4.78, 5) is 0. The molecule has 0 fully saturated rings. The van der Waals surface area contributed by atoms with Crippen LogP contribution in [0.25, 0.3) is 0 Å². The molecule has 1 aromatic carbocycles. The number of ether oxygens (including phenoxy) is 1. The van der Waals surface area contributed by atoms with E-state index in [2.05, 4.69) is 0 Å². The van der Waals surface area contributed by atoms with Gasteiger partial charge < -0.3 is 9.84 Å². The van der Waals surface area contributed by atoms with E-state index in [9.17, 15) is 9.50 Å². The fraction of sp³-hybridized carbons (Fsp3) is 0.571. The molecule has 2 unspecified atom stereocenters. The lowest BCUT2D eigenvalue weighted by Gasteiger charge is -2.33. The molecule has 18 heavy (non-hydrogen) atoms. The predicted molar refractivity (Wildman–Crippen MR) is 71.4 cm³/mol. The van der Waals surface area contributed by atoms with Crippen LogP contribution in [0.1, 0.15) is 32.8 Å². The van der Waals surface area contributed by atoms with E-state index in [1.165, 1.54) is 12.1 Å². The maximum Gasteiger partial charge on any atom is 0.126 e. The van der Waals surface area contributed by atoms with Crippen molar-refractivity contribution in [2.75, 3.05) is 6.61 Å². The minimum atomic E-state index is -0.768. The van der Waals surface area contributed by atoms with Crippen LogP contribution in [0.2, 0.25) is 5.02 Å². The summed E-state index contributed by atoms with van der Waals surface area (Å²) in [5, 5.41) is 10.7. The summed E-state index contributed by atoms with van der Waals surface area (Å²) in [6, 6.07) is 4.35. The van der Waals surface area contributed by atoms with Crippen LogP contribution in [0.15, 0.2) is 18.2 Å². The van der Waals surface area contributed by atoms with Crippen LogP contribution >= 0.6 is 11.6 Å². The Hall–Kier alpha value is -0.640. The Morgan fingerprint density at radius 2 is 2.11 bits per heavy atom. The first-order valence-corrected chi connectivity index (χ1v) is 6.56. The molecule has 2 atom stereocenters. The average molecular weight is 275 g/mol. The number of rotatable bonds is 6. The molecule has 0 heterocycles. The second kappa shape index (κ2) is 6.50. The molecule has 1 rings (SSSR count). The van der Waals surface area contributed by atoms with E-state index in [1.54, 1.807) is 6.07 Å². The molecule has 0 amide bonds. The van der Waals surface area contributed by atoms with Gasteiger partial charge in [-0.25, -0.2) is 4.39 Å². The lowest BCUT2D eigenvalue weighted by Crippen LogP contribution is -2.43. The molecular weight excluding hydrogens is 255 g/mol. The first kappa shape index (κ1) is 15.4. The molecule has 4 heteroatoms. The van der Waals surface area contributed by atoms with Crippen molar-refractivity contribution < 1.29 is 14.2 Å². The Morgan fingerprint density at radius 1 is 1.44 bits per heavy atom. The summed E-state index contributed by atoms with van der Waals surface area (Å²) < 4.78 is 19.2. The third-order valence-electron chi connectivity index (χ3n) is 3.30. The van der Waals surface area contributed by atoms with Crippen LogP contribution in [0.3, 0.4) is 0 Å². The highest BCUT2D eigenvalue weighted by Crippen LogP contribution is 2.25. The molecule has 0 aromatic heterocycles. The number of aliphatic hydroxyl groups is 1. The van der Waals surface area contributed by atoms with Gasteiger partial charge in [-0.2, -0.15) is 0 Å². The fourth-order valence-corrected chi connectivity index (χ4v) is 2.08. The molecule has 0 saturated carbocycles. The molecular formula is C14H20ClFO2. The molecule has 0 aliphatic rings. The van der Waals surface area contributed by atoms with Crippen LogP contribution in [-0.2, 0) is 11.2 Å². The van der Waals surface area contributed by atoms with Crippen molar-refractivity contribution in [1.29, 1.82) is 0 Å². The smallest absolute Gasteiger partial charge is 0.126 e. The van der Waals surface area contributed by atoms with E-state index >= 15 is 0 Å². The van der Waals surface area contributed by atoms with Gasteiger partial charge in [-0.05, 0) is 44.0 Å². The van der Waals surface area contributed by atoms with Crippen LogP contribution in [-0.4, -0.2) is 23.4 Å². The van der Waals surface area contributed by atoms with Gasteiger partial charge in [0.2, 0.25) is 0 Å². The highest BCUT2D eigenvalue weighted by molar-refractivity contribution is 6.30. The Morgan fingerprint density at radius 3 is 2.67 bits per heavy atom. The summed E-state index contributed by atoms with van der Waals surface area (Å²) >= 11 is 5.83. The molecule has 0 saturated heterocycles. The zero-order valence-corrected chi connectivity index (χ0v) is 11.8. The topological polar surface area (TPSA) is 29.5 Å². The van der Waals surface area contributed by atoms with Gasteiger partial charge in [0.1, 0.15) is 5.82 Å². The second-order valence-corrected chi connectivity index (χ2v) is 4.99. The Bertz CT molecular complexity index is 397. The van der Waals surface area contributed by atoms with E-state index in [4.69, 9.17) is 16.3 Å². The van der Waals surface area contributed by atoms with Crippen molar-refractivity contribution in [2.45, 2.75) is 45.3 Å². The van der Waals surface area contributed by atoms with E-state index in [-0.39, 0.29) is 12.2 Å². The van der Waals surface area contributed by atoms with Crippen molar-refractivity contribution in [3.63, 3.8) is 0 Å². The first-order chi connectivity index (χ1) is 8.42. The third-order valence-corrected chi connectivity index (χ3v) is 3.54. The Labute approximate surface area is 113 Å². The minimum Gasteiger partial charge on any atom is -0.390 e. The zero-order chi connectivity index (χ0) is 13.8. The maximum absolute atomic E-state index is 13.6. The first-order valence-electron chi connectivity index (χ1n) is 6.19. The van der Waals surface area contributed by atoms with Crippen molar-refractivity contribution in [1.82, 2.24) is 0 Å². The van der Waals surface area contributed by atoms with Crippen molar-refractivity contribution in [2.24, 2.45) is 0 Å². The number of halogens is 2. The minimum absolute atomic E-state index is 0.191. The van der Waals surface area contributed by atoms with E-state index < -0.39 is 11.7 Å². The predicted octanol–water partition coefficient (Wildman–Crippen LogP) is 3.59. The molecule has 2 nitrogen and oxygen atoms in total. The van der Waals surface area contributed by atoms with Gasteiger partial charge in [-0.1, -0.05) is 18.5 Å². The average Bonchev–Trinajstić information content (AvgIpc) is 2.34. The number of aliphatic hydroxyl groups excluding tert-OH is 1. The van der Waals surface area contributed by atoms with Crippen molar-refractivity contribution >= 4 is 11.6 Å². The normalized spacial score (nSPS) is 16.3. The van der Waals surface area contributed by atoms with Crippen LogP contribution < -0.4 is 0 Å². The van der Waals surface area contributed by atoms with E-state index in [1.807, 2.05) is 20.8 Å². The largest absolute Gasteiger partial charge is 0.390 e. The number of benzene rings is 1.